The van der Waals surface area contributed by atoms with Crippen LogP contribution >= 0.6 is 0 Å². The Morgan fingerprint density at radius 2 is 1.86 bits per heavy atom. The van der Waals surface area contributed by atoms with E-state index < -0.39 is 0 Å². The normalized spacial score (nSPS) is 13.3. The Balaban J connectivity index is 1.80. The molecular weight excluding hydrogens is 260 g/mol. The van der Waals surface area contributed by atoms with E-state index in [1.54, 1.807) is 6.20 Å². The summed E-state index contributed by atoms with van der Waals surface area (Å²) in [7, 11) is 0. The molecule has 3 aromatic rings. The molecule has 2 aromatic heterocycles. The second-order valence-electron chi connectivity index (χ2n) is 5.37. The van der Waals surface area contributed by atoms with Crippen molar-refractivity contribution < 1.29 is 0 Å². The number of aromatic nitrogens is 3. The van der Waals surface area contributed by atoms with Crippen LogP contribution in [0, 0.1) is 0 Å². The van der Waals surface area contributed by atoms with E-state index in [0.717, 1.165) is 35.7 Å². The van der Waals surface area contributed by atoms with Crippen LogP contribution in [0.2, 0.25) is 0 Å². The molecule has 0 amide bonds. The highest BCUT2D eigenvalue weighted by molar-refractivity contribution is 5.61. The Kier molecular flexibility index (Phi) is 2.74. The molecule has 0 bridgehead atoms. The molecule has 0 saturated carbocycles. The minimum absolute atomic E-state index is 0.757. The van der Waals surface area contributed by atoms with Crippen molar-refractivity contribution in [3.8, 4) is 17.2 Å². The van der Waals surface area contributed by atoms with E-state index in [4.69, 9.17) is 10.7 Å². The first-order chi connectivity index (χ1) is 10.3. The van der Waals surface area contributed by atoms with Crippen molar-refractivity contribution in [1.82, 2.24) is 14.5 Å². The zero-order valence-corrected chi connectivity index (χ0v) is 11.7. The van der Waals surface area contributed by atoms with E-state index in [0.29, 0.717) is 0 Å². The number of hydrogen-bond donors (Lipinski definition) is 1. The zero-order valence-electron chi connectivity index (χ0n) is 11.7. The largest absolute Gasteiger partial charge is 0.399 e. The van der Waals surface area contributed by atoms with Gasteiger partial charge >= 0.3 is 0 Å². The van der Waals surface area contributed by atoms with Gasteiger partial charge in [-0.15, -0.1) is 0 Å². The molecule has 4 rings (SSSR count). The fourth-order valence-electron chi connectivity index (χ4n) is 2.88. The minimum Gasteiger partial charge on any atom is -0.399 e. The Morgan fingerprint density at radius 1 is 1.00 bits per heavy atom. The summed E-state index contributed by atoms with van der Waals surface area (Å²) in [5.41, 5.74) is 10.2. The van der Waals surface area contributed by atoms with Crippen molar-refractivity contribution in [2.75, 3.05) is 5.73 Å². The number of imidazole rings is 1. The first-order valence-corrected chi connectivity index (χ1v) is 7.20. The number of nitrogen functional groups attached to an aromatic ring is 1. The summed E-state index contributed by atoms with van der Waals surface area (Å²) in [5.74, 6) is 1.82. The number of rotatable bonds is 2. The van der Waals surface area contributed by atoms with Crippen LogP contribution in [0.15, 0.2) is 48.8 Å². The molecule has 1 aliphatic rings. The molecule has 0 unspecified atom stereocenters. The van der Waals surface area contributed by atoms with Gasteiger partial charge in [0.25, 0.3) is 0 Å². The highest BCUT2D eigenvalue weighted by atomic mass is 15.1. The number of fused-ring (bicyclic) bond motifs is 1. The maximum Gasteiger partial charge on any atom is 0.145 e. The van der Waals surface area contributed by atoms with Gasteiger partial charge in [0.05, 0.1) is 0 Å². The Bertz CT molecular complexity index is 787. The third kappa shape index (κ3) is 2.09. The second-order valence-corrected chi connectivity index (χ2v) is 5.37. The lowest BCUT2D eigenvalue weighted by atomic mass is 10.2. The fourth-order valence-corrected chi connectivity index (χ4v) is 2.88. The third-order valence-corrected chi connectivity index (χ3v) is 3.97. The van der Waals surface area contributed by atoms with Gasteiger partial charge in [0.1, 0.15) is 11.6 Å². The second kappa shape index (κ2) is 4.74. The van der Waals surface area contributed by atoms with Gasteiger partial charge in [0.2, 0.25) is 0 Å². The van der Waals surface area contributed by atoms with E-state index in [1.165, 1.54) is 17.7 Å². The maximum atomic E-state index is 5.75. The lowest BCUT2D eigenvalue weighted by molar-refractivity contribution is 0.892. The molecule has 0 aliphatic heterocycles. The molecule has 0 radical (unpaired) electrons. The van der Waals surface area contributed by atoms with E-state index >= 15 is 0 Å². The summed E-state index contributed by atoms with van der Waals surface area (Å²) in [6, 6.07) is 12.0. The summed E-state index contributed by atoms with van der Waals surface area (Å²) in [6.07, 6.45) is 7.20. The molecule has 104 valence electrons. The third-order valence-electron chi connectivity index (χ3n) is 3.97. The van der Waals surface area contributed by atoms with E-state index in [-0.39, 0.29) is 0 Å². The molecule has 4 heteroatoms. The summed E-state index contributed by atoms with van der Waals surface area (Å²) >= 11 is 0. The lowest BCUT2D eigenvalue weighted by Crippen LogP contribution is -2.01. The SMILES string of the molecule is Nc1ccc(-c2nccn2-c2ccc3c(n2)CCC3)cc1. The Labute approximate surface area is 123 Å². The smallest absolute Gasteiger partial charge is 0.145 e. The van der Waals surface area contributed by atoms with Gasteiger partial charge in [-0.1, -0.05) is 6.07 Å². The summed E-state index contributed by atoms with van der Waals surface area (Å²) in [6.45, 7) is 0. The predicted octanol–water partition coefficient (Wildman–Crippen LogP) is 3.01. The van der Waals surface area contributed by atoms with Crippen LogP contribution in [0.1, 0.15) is 17.7 Å². The quantitative estimate of drug-likeness (QED) is 0.732. The average molecular weight is 276 g/mol. The molecular formula is C17H16N4. The van der Waals surface area contributed by atoms with Crippen LogP contribution in [0.25, 0.3) is 17.2 Å². The molecule has 1 aromatic carbocycles. The number of nitrogens with zero attached hydrogens (tertiary/aromatic N) is 3. The molecule has 0 saturated heterocycles. The van der Waals surface area contributed by atoms with E-state index in [1.807, 2.05) is 35.0 Å². The van der Waals surface area contributed by atoms with Gasteiger partial charge in [0, 0.05) is 29.3 Å². The van der Waals surface area contributed by atoms with Crippen LogP contribution in [-0.4, -0.2) is 14.5 Å². The van der Waals surface area contributed by atoms with Gasteiger partial charge in [0.15, 0.2) is 0 Å². The number of anilines is 1. The van der Waals surface area contributed by atoms with Gasteiger partial charge in [-0.05, 0) is 55.2 Å². The maximum absolute atomic E-state index is 5.75. The summed E-state index contributed by atoms with van der Waals surface area (Å²) < 4.78 is 2.03. The molecule has 2 N–H and O–H groups in total. The van der Waals surface area contributed by atoms with Crippen LogP contribution in [0.4, 0.5) is 5.69 Å². The Hall–Kier alpha value is -2.62. The van der Waals surface area contributed by atoms with Crippen molar-refractivity contribution in [1.29, 1.82) is 0 Å². The number of hydrogen-bond acceptors (Lipinski definition) is 3. The van der Waals surface area contributed by atoms with Crippen molar-refractivity contribution in [2.45, 2.75) is 19.3 Å². The Morgan fingerprint density at radius 3 is 2.71 bits per heavy atom. The van der Waals surface area contributed by atoms with Crippen LogP contribution in [0.3, 0.4) is 0 Å². The summed E-state index contributed by atoms with van der Waals surface area (Å²) in [5, 5.41) is 0. The molecule has 0 spiro atoms. The highest BCUT2D eigenvalue weighted by Gasteiger charge is 2.15. The van der Waals surface area contributed by atoms with Gasteiger partial charge < -0.3 is 5.73 Å². The number of pyridine rings is 1. The number of benzene rings is 1. The zero-order chi connectivity index (χ0) is 14.2. The topological polar surface area (TPSA) is 56.7 Å². The molecule has 1 aliphatic carbocycles. The fraction of sp³-hybridized carbons (Fsp3) is 0.176. The number of nitrogens with two attached hydrogens (primary N) is 1. The van der Waals surface area contributed by atoms with Gasteiger partial charge in [-0.25, -0.2) is 9.97 Å². The molecule has 21 heavy (non-hydrogen) atoms. The monoisotopic (exact) mass is 276 g/mol. The van der Waals surface area contributed by atoms with Crippen molar-refractivity contribution >= 4 is 5.69 Å². The predicted molar refractivity (Wildman–Crippen MR) is 83.2 cm³/mol. The van der Waals surface area contributed by atoms with Crippen molar-refractivity contribution in [2.24, 2.45) is 0 Å². The molecule has 0 fully saturated rings. The first-order valence-electron chi connectivity index (χ1n) is 7.20. The molecule has 4 nitrogen and oxygen atoms in total. The van der Waals surface area contributed by atoms with E-state index in [2.05, 4.69) is 17.1 Å². The first kappa shape index (κ1) is 12.1. The lowest BCUT2D eigenvalue weighted by Gasteiger charge is -2.09. The minimum atomic E-state index is 0.757. The van der Waals surface area contributed by atoms with Crippen molar-refractivity contribution in [3.63, 3.8) is 0 Å². The van der Waals surface area contributed by atoms with Crippen LogP contribution in [-0.2, 0) is 12.8 Å². The van der Waals surface area contributed by atoms with Crippen molar-refractivity contribution in [3.05, 3.63) is 60.0 Å². The average Bonchev–Trinajstić information content (AvgIpc) is 3.16. The van der Waals surface area contributed by atoms with Gasteiger partial charge in [-0.3, -0.25) is 4.57 Å². The van der Waals surface area contributed by atoms with E-state index in [9.17, 15) is 0 Å². The molecule has 0 atom stereocenters. The van der Waals surface area contributed by atoms with Crippen LogP contribution < -0.4 is 5.73 Å². The van der Waals surface area contributed by atoms with Crippen LogP contribution in [0.5, 0.6) is 0 Å². The van der Waals surface area contributed by atoms with Gasteiger partial charge in [-0.2, -0.15) is 0 Å². The summed E-state index contributed by atoms with van der Waals surface area (Å²) in [4.78, 5) is 9.27. The number of aryl methyl sites for hydroxylation is 2. The standard InChI is InChI=1S/C17H16N4/c18-14-7-4-13(5-8-14)17-19-10-11-21(17)16-9-6-12-2-1-3-15(12)20-16/h4-11H,1-3,18H2. The highest BCUT2D eigenvalue weighted by Crippen LogP contribution is 2.25. The molecule has 2 heterocycles.